The zero-order valence-electron chi connectivity index (χ0n) is 7.04. The maximum absolute atomic E-state index is 4.28. The summed E-state index contributed by atoms with van der Waals surface area (Å²) in [4.78, 5) is 4.28. The fourth-order valence-corrected chi connectivity index (χ4v) is 1.09. The quantitative estimate of drug-likeness (QED) is 0.586. The van der Waals surface area contributed by atoms with Gasteiger partial charge < -0.3 is 0 Å². The lowest BCUT2D eigenvalue weighted by Gasteiger charge is -2.07. The van der Waals surface area contributed by atoms with E-state index in [-0.39, 0.29) is 0 Å². The second-order valence-electron chi connectivity index (χ2n) is 2.73. The minimum atomic E-state index is 0.358. The van der Waals surface area contributed by atoms with Gasteiger partial charge in [-0.2, -0.15) is 0 Å². The summed E-state index contributed by atoms with van der Waals surface area (Å²) in [5.41, 5.74) is 2.36. The molecule has 1 heteroatoms. The molecule has 0 amide bonds. The smallest absolute Gasteiger partial charge is 0.0498 e. The van der Waals surface area contributed by atoms with Crippen molar-refractivity contribution in [2.24, 2.45) is 0 Å². The second-order valence-corrected chi connectivity index (χ2v) is 2.73. The molecule has 1 aromatic rings. The van der Waals surface area contributed by atoms with Gasteiger partial charge in [0.25, 0.3) is 0 Å². The number of hydrogen-bond acceptors (Lipinski definition) is 1. The molecular weight excluding hydrogens is 134 g/mol. The highest BCUT2D eigenvalue weighted by molar-refractivity contribution is 5.23. The van der Waals surface area contributed by atoms with Crippen LogP contribution in [0.1, 0.15) is 24.1 Å². The third-order valence-corrected chi connectivity index (χ3v) is 1.83. The maximum atomic E-state index is 4.28. The number of pyridine rings is 1. The Morgan fingerprint density at radius 1 is 1.64 bits per heavy atom. The van der Waals surface area contributed by atoms with Crippen LogP contribution in [0.5, 0.6) is 0 Å². The Balaban J connectivity index is 3.02. The number of rotatable bonds is 2. The van der Waals surface area contributed by atoms with Gasteiger partial charge in [-0.15, -0.1) is 6.58 Å². The van der Waals surface area contributed by atoms with Gasteiger partial charge in [-0.05, 0) is 18.6 Å². The van der Waals surface area contributed by atoms with E-state index in [0.29, 0.717) is 5.92 Å². The molecule has 0 aliphatic carbocycles. The van der Waals surface area contributed by atoms with Crippen LogP contribution in [0.15, 0.2) is 31.0 Å². The molecule has 0 bridgehead atoms. The topological polar surface area (TPSA) is 12.9 Å². The molecule has 1 heterocycles. The first-order valence-corrected chi connectivity index (χ1v) is 3.79. The molecule has 0 saturated carbocycles. The molecule has 58 valence electrons. The molecule has 0 radical (unpaired) electrons. The molecule has 0 aromatic carbocycles. The molecule has 1 unspecified atom stereocenters. The maximum Gasteiger partial charge on any atom is 0.0498 e. The lowest BCUT2D eigenvalue weighted by molar-refractivity contribution is 0.893. The van der Waals surface area contributed by atoms with Crippen molar-refractivity contribution in [2.45, 2.75) is 19.8 Å². The van der Waals surface area contributed by atoms with Crippen molar-refractivity contribution < 1.29 is 0 Å². The highest BCUT2D eigenvalue weighted by Gasteiger charge is 2.03. The van der Waals surface area contributed by atoms with Gasteiger partial charge in [0.2, 0.25) is 0 Å². The van der Waals surface area contributed by atoms with Crippen molar-refractivity contribution in [2.75, 3.05) is 0 Å². The summed E-state index contributed by atoms with van der Waals surface area (Å²) in [7, 11) is 0. The Morgan fingerprint density at radius 2 is 2.36 bits per heavy atom. The molecule has 1 atom stereocenters. The van der Waals surface area contributed by atoms with E-state index in [4.69, 9.17) is 0 Å². The molecule has 0 aliphatic heterocycles. The Hall–Kier alpha value is -1.11. The predicted molar refractivity (Wildman–Crippen MR) is 47.6 cm³/mol. The third kappa shape index (κ3) is 1.67. The van der Waals surface area contributed by atoms with E-state index in [0.717, 1.165) is 5.69 Å². The van der Waals surface area contributed by atoms with E-state index >= 15 is 0 Å². The average molecular weight is 147 g/mol. The lowest BCUT2D eigenvalue weighted by Crippen LogP contribution is -1.95. The monoisotopic (exact) mass is 147 g/mol. The fourth-order valence-electron chi connectivity index (χ4n) is 1.09. The molecule has 0 spiro atoms. The van der Waals surface area contributed by atoms with Crippen LogP contribution in [-0.4, -0.2) is 4.98 Å². The zero-order chi connectivity index (χ0) is 8.27. The fraction of sp³-hybridized carbons (Fsp3) is 0.300. The zero-order valence-corrected chi connectivity index (χ0v) is 7.04. The van der Waals surface area contributed by atoms with Crippen LogP contribution in [0.3, 0.4) is 0 Å². The summed E-state index contributed by atoms with van der Waals surface area (Å²) in [5, 5.41) is 0. The summed E-state index contributed by atoms with van der Waals surface area (Å²) in [5.74, 6) is 0.358. The number of nitrogens with zero attached hydrogens (tertiary/aromatic N) is 1. The Labute approximate surface area is 67.8 Å². The van der Waals surface area contributed by atoms with Crippen LogP contribution in [0.25, 0.3) is 0 Å². The highest BCUT2D eigenvalue weighted by atomic mass is 14.7. The van der Waals surface area contributed by atoms with Gasteiger partial charge >= 0.3 is 0 Å². The minimum absolute atomic E-state index is 0.358. The molecule has 1 aromatic heterocycles. The summed E-state index contributed by atoms with van der Waals surface area (Å²) in [6.45, 7) is 7.91. The molecule has 1 nitrogen and oxygen atoms in total. The molecule has 11 heavy (non-hydrogen) atoms. The first-order valence-electron chi connectivity index (χ1n) is 3.79. The van der Waals surface area contributed by atoms with E-state index in [1.165, 1.54) is 5.56 Å². The Morgan fingerprint density at radius 3 is 2.91 bits per heavy atom. The van der Waals surface area contributed by atoms with Crippen molar-refractivity contribution >= 4 is 0 Å². The van der Waals surface area contributed by atoms with Gasteiger partial charge in [0.1, 0.15) is 0 Å². The SMILES string of the molecule is C=CC(C)c1ncccc1C. The molecule has 0 N–H and O–H groups in total. The number of hydrogen-bond donors (Lipinski definition) is 0. The molecule has 1 rings (SSSR count). The average Bonchev–Trinajstić information content (AvgIpc) is 2.04. The van der Waals surface area contributed by atoms with Crippen molar-refractivity contribution in [1.29, 1.82) is 0 Å². The summed E-state index contributed by atoms with van der Waals surface area (Å²) in [6, 6.07) is 4.02. The van der Waals surface area contributed by atoms with Crippen LogP contribution < -0.4 is 0 Å². The van der Waals surface area contributed by atoms with E-state index in [1.54, 1.807) is 0 Å². The molecule has 0 aliphatic rings. The lowest BCUT2D eigenvalue weighted by atomic mass is 10.0. The summed E-state index contributed by atoms with van der Waals surface area (Å²) < 4.78 is 0. The van der Waals surface area contributed by atoms with Gasteiger partial charge in [0.05, 0.1) is 0 Å². The predicted octanol–water partition coefficient (Wildman–Crippen LogP) is 2.68. The normalized spacial score (nSPS) is 12.5. The molecule has 0 fully saturated rings. The standard InChI is InChI=1S/C10H13N/c1-4-8(2)10-9(3)6-5-7-11-10/h4-8H,1H2,2-3H3. The Kier molecular flexibility index (Phi) is 2.42. The van der Waals surface area contributed by atoms with Gasteiger partial charge in [-0.25, -0.2) is 0 Å². The van der Waals surface area contributed by atoms with E-state index in [2.05, 4.69) is 31.5 Å². The van der Waals surface area contributed by atoms with Crippen molar-refractivity contribution in [3.63, 3.8) is 0 Å². The van der Waals surface area contributed by atoms with E-state index < -0.39 is 0 Å². The summed E-state index contributed by atoms with van der Waals surface area (Å²) >= 11 is 0. The van der Waals surface area contributed by atoms with Gasteiger partial charge in [-0.3, -0.25) is 4.98 Å². The van der Waals surface area contributed by atoms with E-state index in [1.807, 2.05) is 18.3 Å². The van der Waals surface area contributed by atoms with Crippen LogP contribution in [0.4, 0.5) is 0 Å². The molecular formula is C10H13N. The van der Waals surface area contributed by atoms with Crippen LogP contribution in [0.2, 0.25) is 0 Å². The minimum Gasteiger partial charge on any atom is -0.260 e. The number of aromatic nitrogens is 1. The van der Waals surface area contributed by atoms with E-state index in [9.17, 15) is 0 Å². The van der Waals surface area contributed by atoms with Gasteiger partial charge in [0.15, 0.2) is 0 Å². The van der Waals surface area contributed by atoms with Crippen molar-refractivity contribution in [3.05, 3.63) is 42.2 Å². The number of allylic oxidation sites excluding steroid dienone is 1. The van der Waals surface area contributed by atoms with Crippen LogP contribution in [-0.2, 0) is 0 Å². The Bertz CT molecular complexity index is 253. The molecule has 0 saturated heterocycles. The number of aryl methyl sites for hydroxylation is 1. The second kappa shape index (κ2) is 3.33. The largest absolute Gasteiger partial charge is 0.260 e. The first-order chi connectivity index (χ1) is 5.25. The first kappa shape index (κ1) is 7.99. The van der Waals surface area contributed by atoms with Crippen LogP contribution in [0, 0.1) is 6.92 Å². The van der Waals surface area contributed by atoms with Crippen molar-refractivity contribution in [1.82, 2.24) is 4.98 Å². The van der Waals surface area contributed by atoms with Gasteiger partial charge in [0, 0.05) is 17.8 Å². The van der Waals surface area contributed by atoms with Crippen molar-refractivity contribution in [3.8, 4) is 0 Å². The summed E-state index contributed by atoms with van der Waals surface area (Å²) in [6.07, 6.45) is 3.73. The van der Waals surface area contributed by atoms with Gasteiger partial charge in [-0.1, -0.05) is 19.1 Å². The highest BCUT2D eigenvalue weighted by Crippen LogP contribution is 2.16. The third-order valence-electron chi connectivity index (χ3n) is 1.83. The van der Waals surface area contributed by atoms with Crippen LogP contribution >= 0.6 is 0 Å².